The summed E-state index contributed by atoms with van der Waals surface area (Å²) in [5.74, 6) is -0.215. The molecule has 3 heterocycles. The number of benzene rings is 2. The van der Waals surface area contributed by atoms with E-state index in [0.29, 0.717) is 42.3 Å². The number of hydrogen-bond acceptors (Lipinski definition) is 5. The molecule has 2 aromatic heterocycles. The molecule has 0 unspecified atom stereocenters. The Morgan fingerprint density at radius 2 is 1.68 bits per heavy atom. The molecule has 8 heteroatoms. The summed E-state index contributed by atoms with van der Waals surface area (Å²) >= 11 is 1.43. The third-order valence-electron chi connectivity index (χ3n) is 6.01. The highest BCUT2D eigenvalue weighted by Gasteiger charge is 2.30. The third kappa shape index (κ3) is 4.63. The number of aryl methyl sites for hydroxylation is 1. The van der Waals surface area contributed by atoms with Crippen LogP contribution in [0.3, 0.4) is 0 Å². The third-order valence-corrected chi connectivity index (χ3v) is 6.89. The van der Waals surface area contributed by atoms with Crippen LogP contribution < -0.4 is 5.32 Å². The van der Waals surface area contributed by atoms with Gasteiger partial charge in [0.15, 0.2) is 5.13 Å². The minimum atomic E-state index is -0.131. The van der Waals surface area contributed by atoms with Crippen LogP contribution in [-0.4, -0.2) is 44.6 Å². The maximum Gasteiger partial charge on any atom is 0.257 e. The summed E-state index contributed by atoms with van der Waals surface area (Å²) in [7, 11) is 0. The van der Waals surface area contributed by atoms with Crippen molar-refractivity contribution >= 4 is 28.3 Å². The Kier molecular flexibility index (Phi) is 6.22. The lowest BCUT2D eigenvalue weighted by molar-refractivity contribution is -0.121. The van der Waals surface area contributed by atoms with Crippen LogP contribution >= 0.6 is 11.3 Å². The predicted octanol–water partition coefficient (Wildman–Crippen LogP) is 4.80. The number of nitrogens with zero attached hydrogens (tertiary/aromatic N) is 4. The van der Waals surface area contributed by atoms with Crippen molar-refractivity contribution in [2.24, 2.45) is 5.92 Å². The van der Waals surface area contributed by atoms with Gasteiger partial charge in [-0.3, -0.25) is 9.59 Å². The zero-order valence-electron chi connectivity index (χ0n) is 18.8. The first-order valence-electron chi connectivity index (χ1n) is 11.3. The number of anilines is 1. The summed E-state index contributed by atoms with van der Waals surface area (Å²) in [6.45, 7) is 2.96. The number of hydrogen-bond donors (Lipinski definition) is 1. The van der Waals surface area contributed by atoms with E-state index in [0.717, 1.165) is 16.9 Å². The molecule has 1 N–H and O–H groups in total. The van der Waals surface area contributed by atoms with Gasteiger partial charge in [0.25, 0.3) is 5.91 Å². The molecule has 1 fully saturated rings. The first-order chi connectivity index (χ1) is 16.6. The first kappa shape index (κ1) is 22.0. The minimum absolute atomic E-state index is 0.0247. The Hall–Kier alpha value is -3.78. The van der Waals surface area contributed by atoms with Crippen molar-refractivity contribution in [2.45, 2.75) is 19.8 Å². The maximum atomic E-state index is 13.6. The number of rotatable bonds is 5. The van der Waals surface area contributed by atoms with Crippen molar-refractivity contribution in [3.05, 3.63) is 83.5 Å². The number of carbonyl (C=O) groups is 2. The smallest absolute Gasteiger partial charge is 0.257 e. The van der Waals surface area contributed by atoms with Crippen molar-refractivity contribution < 1.29 is 9.59 Å². The van der Waals surface area contributed by atoms with E-state index in [9.17, 15) is 9.59 Å². The fraction of sp³-hybridized carbons (Fsp3) is 0.231. The zero-order chi connectivity index (χ0) is 23.5. The van der Waals surface area contributed by atoms with Gasteiger partial charge in [-0.25, -0.2) is 9.67 Å². The number of nitrogens with one attached hydrogen (secondary N) is 1. The summed E-state index contributed by atoms with van der Waals surface area (Å²) < 4.78 is 1.76. The number of thiazole rings is 1. The summed E-state index contributed by atoms with van der Waals surface area (Å²) in [5.41, 5.74) is 3.91. The lowest BCUT2D eigenvalue weighted by atomic mass is 9.95. The Labute approximate surface area is 202 Å². The molecule has 7 nitrogen and oxygen atoms in total. The highest BCUT2D eigenvalue weighted by Crippen LogP contribution is 2.27. The molecule has 0 radical (unpaired) electrons. The van der Waals surface area contributed by atoms with Crippen LogP contribution in [0.5, 0.6) is 0 Å². The van der Waals surface area contributed by atoms with Gasteiger partial charge in [-0.1, -0.05) is 48.5 Å². The molecule has 2 amide bonds. The Balaban J connectivity index is 1.33. The molecule has 1 saturated heterocycles. The normalized spacial score (nSPS) is 14.2. The summed E-state index contributed by atoms with van der Waals surface area (Å²) in [6, 6.07) is 19.5. The second-order valence-electron chi connectivity index (χ2n) is 8.39. The zero-order valence-corrected chi connectivity index (χ0v) is 19.7. The molecule has 0 aliphatic carbocycles. The largest absolute Gasteiger partial charge is 0.338 e. The van der Waals surface area contributed by atoms with Gasteiger partial charge < -0.3 is 10.2 Å². The summed E-state index contributed by atoms with van der Waals surface area (Å²) in [6.07, 6.45) is 3.05. The van der Waals surface area contributed by atoms with E-state index in [1.807, 2.05) is 84.1 Å². The second-order valence-corrected chi connectivity index (χ2v) is 9.25. The number of aromatic nitrogens is 3. The first-order valence-corrected chi connectivity index (χ1v) is 12.2. The quantitative estimate of drug-likeness (QED) is 0.454. The van der Waals surface area contributed by atoms with Crippen molar-refractivity contribution in [1.29, 1.82) is 0 Å². The number of amides is 2. The topological polar surface area (TPSA) is 80.1 Å². The van der Waals surface area contributed by atoms with Crippen LogP contribution in [-0.2, 0) is 4.79 Å². The average Bonchev–Trinajstić information content (AvgIpc) is 3.51. The van der Waals surface area contributed by atoms with Gasteiger partial charge in [-0.05, 0) is 31.9 Å². The number of piperidine rings is 1. The van der Waals surface area contributed by atoms with Gasteiger partial charge >= 0.3 is 0 Å². The molecule has 0 saturated carbocycles. The number of para-hydroxylation sites is 1. The van der Waals surface area contributed by atoms with Crippen molar-refractivity contribution in [2.75, 3.05) is 18.4 Å². The van der Waals surface area contributed by atoms with E-state index >= 15 is 0 Å². The summed E-state index contributed by atoms with van der Waals surface area (Å²) in [4.78, 5) is 32.4. The van der Waals surface area contributed by atoms with Crippen molar-refractivity contribution in [3.63, 3.8) is 0 Å². The van der Waals surface area contributed by atoms with Crippen LogP contribution in [0.15, 0.2) is 72.2 Å². The molecule has 1 aliphatic rings. The molecule has 0 atom stereocenters. The molecule has 2 aromatic carbocycles. The SMILES string of the molecule is Cc1csc(NC(=O)C2CCN(C(=O)c3cn(-c4ccccc4)nc3-c3ccccc3)CC2)n1. The van der Waals surface area contributed by atoms with E-state index in [2.05, 4.69) is 10.3 Å². The van der Waals surface area contributed by atoms with E-state index in [1.54, 1.807) is 4.68 Å². The molecule has 4 aromatic rings. The highest BCUT2D eigenvalue weighted by atomic mass is 32.1. The molecule has 0 bridgehead atoms. The fourth-order valence-corrected chi connectivity index (χ4v) is 4.88. The molecular weight excluding hydrogens is 446 g/mol. The Bertz CT molecular complexity index is 1290. The molecule has 34 heavy (non-hydrogen) atoms. The lowest BCUT2D eigenvalue weighted by Crippen LogP contribution is -2.41. The van der Waals surface area contributed by atoms with Gasteiger partial charge in [-0.2, -0.15) is 5.10 Å². The molecule has 5 rings (SSSR count). The van der Waals surface area contributed by atoms with Crippen LogP contribution in [0.25, 0.3) is 16.9 Å². The van der Waals surface area contributed by atoms with Crippen molar-refractivity contribution in [1.82, 2.24) is 19.7 Å². The Morgan fingerprint density at radius 3 is 2.32 bits per heavy atom. The van der Waals surface area contributed by atoms with Crippen LogP contribution in [0.2, 0.25) is 0 Å². The van der Waals surface area contributed by atoms with E-state index in [-0.39, 0.29) is 17.7 Å². The highest BCUT2D eigenvalue weighted by molar-refractivity contribution is 7.13. The second kappa shape index (κ2) is 9.61. The lowest BCUT2D eigenvalue weighted by Gasteiger charge is -2.31. The van der Waals surface area contributed by atoms with Crippen molar-refractivity contribution in [3.8, 4) is 16.9 Å². The predicted molar refractivity (Wildman–Crippen MR) is 133 cm³/mol. The van der Waals surface area contributed by atoms with Gasteiger partial charge in [0, 0.05) is 36.1 Å². The Morgan fingerprint density at radius 1 is 1.00 bits per heavy atom. The van der Waals surface area contributed by atoms with Crippen LogP contribution in [0, 0.1) is 12.8 Å². The molecule has 1 aliphatic heterocycles. The summed E-state index contributed by atoms with van der Waals surface area (Å²) in [5, 5.41) is 10.2. The number of carbonyl (C=O) groups excluding carboxylic acids is 2. The van der Waals surface area contributed by atoms with Gasteiger partial charge in [0.05, 0.1) is 16.9 Å². The molecular formula is C26H25N5O2S. The molecule has 0 spiro atoms. The van der Waals surface area contributed by atoms with Crippen LogP contribution in [0.4, 0.5) is 5.13 Å². The van der Waals surface area contributed by atoms with Gasteiger partial charge in [-0.15, -0.1) is 11.3 Å². The maximum absolute atomic E-state index is 13.6. The monoisotopic (exact) mass is 471 g/mol. The molecule has 172 valence electrons. The van der Waals surface area contributed by atoms with Crippen LogP contribution in [0.1, 0.15) is 28.9 Å². The van der Waals surface area contributed by atoms with E-state index < -0.39 is 0 Å². The van der Waals surface area contributed by atoms with Gasteiger partial charge in [0.1, 0.15) is 5.69 Å². The average molecular weight is 472 g/mol. The van der Waals surface area contributed by atoms with E-state index in [1.165, 1.54) is 11.3 Å². The van der Waals surface area contributed by atoms with Gasteiger partial charge in [0.2, 0.25) is 5.91 Å². The standard InChI is InChI=1S/C26H25N5O2S/c1-18-17-34-26(27-18)28-24(32)20-12-14-30(15-13-20)25(33)22-16-31(21-10-6-3-7-11-21)29-23(22)19-8-4-2-5-9-19/h2-11,16-17,20H,12-15H2,1H3,(H,27,28,32). The minimum Gasteiger partial charge on any atom is -0.338 e. The number of likely N-dealkylation sites (tertiary alicyclic amines) is 1. The van der Waals surface area contributed by atoms with E-state index in [4.69, 9.17) is 5.10 Å². The fourth-order valence-electron chi connectivity index (χ4n) is 4.19.